The first kappa shape index (κ1) is 15.6. The highest BCUT2D eigenvalue weighted by molar-refractivity contribution is 5.95. The molecule has 0 spiro atoms. The standard InChI is InChI=1S/C16H15N5O3/c1-9-13(10(2)21-8-17-20-16(21)18-9)7-14(22)19-12-5-3-4-11(6-12)15(23)24/h3-6,8H,7H2,1-2H3,(H,19,22)(H,23,24). The van der Waals surface area contributed by atoms with E-state index in [1.807, 2.05) is 13.8 Å². The van der Waals surface area contributed by atoms with Crippen molar-refractivity contribution in [1.82, 2.24) is 19.6 Å². The van der Waals surface area contributed by atoms with Crippen molar-refractivity contribution in [2.24, 2.45) is 0 Å². The van der Waals surface area contributed by atoms with Crippen LogP contribution < -0.4 is 5.32 Å². The van der Waals surface area contributed by atoms with Gasteiger partial charge in [-0.15, -0.1) is 10.2 Å². The summed E-state index contributed by atoms with van der Waals surface area (Å²) in [5, 5.41) is 19.4. The van der Waals surface area contributed by atoms with Crippen LogP contribution >= 0.6 is 0 Å². The Morgan fingerprint density at radius 2 is 2.08 bits per heavy atom. The molecule has 2 N–H and O–H groups in total. The van der Waals surface area contributed by atoms with Crippen LogP contribution in [0.3, 0.4) is 0 Å². The number of aromatic carboxylic acids is 1. The Kier molecular flexibility index (Phi) is 3.95. The Morgan fingerprint density at radius 3 is 2.83 bits per heavy atom. The summed E-state index contributed by atoms with van der Waals surface area (Å²) < 4.78 is 1.72. The number of nitrogens with zero attached hydrogens (tertiary/aromatic N) is 4. The second kappa shape index (κ2) is 6.07. The number of aryl methyl sites for hydroxylation is 2. The molecule has 0 radical (unpaired) electrons. The van der Waals surface area contributed by atoms with Crippen molar-refractivity contribution < 1.29 is 14.7 Å². The van der Waals surface area contributed by atoms with Gasteiger partial charge in [0.2, 0.25) is 5.91 Å². The predicted molar refractivity (Wildman–Crippen MR) is 86.0 cm³/mol. The summed E-state index contributed by atoms with van der Waals surface area (Å²) >= 11 is 0. The zero-order chi connectivity index (χ0) is 17.3. The van der Waals surface area contributed by atoms with E-state index in [1.54, 1.807) is 22.9 Å². The van der Waals surface area contributed by atoms with E-state index in [4.69, 9.17) is 5.11 Å². The average molecular weight is 325 g/mol. The summed E-state index contributed by atoms with van der Waals surface area (Å²) in [5.74, 6) is -0.804. The monoisotopic (exact) mass is 325 g/mol. The number of amides is 1. The van der Waals surface area contributed by atoms with Gasteiger partial charge in [-0.05, 0) is 32.0 Å². The zero-order valence-electron chi connectivity index (χ0n) is 13.1. The number of anilines is 1. The van der Waals surface area contributed by atoms with Crippen LogP contribution in [0.1, 0.15) is 27.3 Å². The number of carboxylic acids is 1. The number of carboxylic acid groups (broad SMARTS) is 1. The Bertz CT molecular complexity index is 948. The lowest BCUT2D eigenvalue weighted by atomic mass is 10.1. The van der Waals surface area contributed by atoms with E-state index in [2.05, 4.69) is 20.5 Å². The number of aromatic nitrogens is 4. The van der Waals surface area contributed by atoms with Crippen molar-refractivity contribution >= 4 is 23.3 Å². The lowest BCUT2D eigenvalue weighted by Crippen LogP contribution is -2.17. The molecule has 0 atom stereocenters. The minimum atomic E-state index is -1.04. The summed E-state index contributed by atoms with van der Waals surface area (Å²) in [6.45, 7) is 3.69. The molecule has 3 rings (SSSR count). The predicted octanol–water partition coefficient (Wildman–Crippen LogP) is 1.62. The second-order valence-corrected chi connectivity index (χ2v) is 5.37. The number of rotatable bonds is 4. The highest BCUT2D eigenvalue weighted by atomic mass is 16.4. The topological polar surface area (TPSA) is 109 Å². The van der Waals surface area contributed by atoms with Crippen LogP contribution in [0.4, 0.5) is 5.69 Å². The highest BCUT2D eigenvalue weighted by Gasteiger charge is 2.14. The van der Waals surface area contributed by atoms with Crippen molar-refractivity contribution in [1.29, 1.82) is 0 Å². The van der Waals surface area contributed by atoms with E-state index < -0.39 is 5.97 Å². The first-order chi connectivity index (χ1) is 11.5. The van der Waals surface area contributed by atoms with Crippen molar-refractivity contribution in [2.45, 2.75) is 20.3 Å². The Hall–Kier alpha value is -3.29. The van der Waals surface area contributed by atoms with Gasteiger partial charge < -0.3 is 10.4 Å². The van der Waals surface area contributed by atoms with Crippen LogP contribution in [0, 0.1) is 13.8 Å². The number of hydrogen-bond donors (Lipinski definition) is 2. The number of fused-ring (bicyclic) bond motifs is 1. The van der Waals surface area contributed by atoms with E-state index in [-0.39, 0.29) is 17.9 Å². The molecule has 8 nitrogen and oxygen atoms in total. The maximum Gasteiger partial charge on any atom is 0.335 e. The molecule has 3 aromatic rings. The first-order valence-corrected chi connectivity index (χ1v) is 7.24. The summed E-state index contributed by atoms with van der Waals surface area (Å²) in [7, 11) is 0. The SMILES string of the molecule is Cc1nc2nncn2c(C)c1CC(=O)Nc1cccc(C(=O)O)c1. The molecular formula is C16H15N5O3. The minimum absolute atomic E-state index is 0.118. The second-order valence-electron chi connectivity index (χ2n) is 5.37. The molecule has 0 aliphatic heterocycles. The van der Waals surface area contributed by atoms with E-state index in [0.29, 0.717) is 17.2 Å². The maximum atomic E-state index is 12.3. The molecule has 122 valence electrons. The van der Waals surface area contributed by atoms with Crippen molar-refractivity contribution in [2.75, 3.05) is 5.32 Å². The summed E-state index contributed by atoms with van der Waals surface area (Å²) in [4.78, 5) is 27.6. The van der Waals surface area contributed by atoms with Crippen molar-refractivity contribution in [3.63, 3.8) is 0 Å². The molecule has 24 heavy (non-hydrogen) atoms. The van der Waals surface area contributed by atoms with Crippen LogP contribution in [0.25, 0.3) is 5.78 Å². The molecule has 1 amide bonds. The van der Waals surface area contributed by atoms with Gasteiger partial charge in [0, 0.05) is 22.6 Å². The molecule has 0 saturated heterocycles. The minimum Gasteiger partial charge on any atom is -0.478 e. The fourth-order valence-corrected chi connectivity index (χ4v) is 2.52. The lowest BCUT2D eigenvalue weighted by Gasteiger charge is -2.11. The van der Waals surface area contributed by atoms with Gasteiger partial charge in [0.25, 0.3) is 5.78 Å². The Morgan fingerprint density at radius 1 is 1.29 bits per heavy atom. The zero-order valence-corrected chi connectivity index (χ0v) is 13.1. The van der Waals surface area contributed by atoms with Gasteiger partial charge in [-0.3, -0.25) is 9.20 Å². The maximum absolute atomic E-state index is 12.3. The lowest BCUT2D eigenvalue weighted by molar-refractivity contribution is -0.115. The van der Waals surface area contributed by atoms with E-state index in [1.165, 1.54) is 12.1 Å². The fourth-order valence-electron chi connectivity index (χ4n) is 2.52. The molecule has 0 bridgehead atoms. The number of benzene rings is 1. The molecule has 0 aliphatic rings. The van der Waals surface area contributed by atoms with Gasteiger partial charge >= 0.3 is 5.97 Å². The van der Waals surface area contributed by atoms with Crippen LogP contribution in [0.5, 0.6) is 0 Å². The molecular weight excluding hydrogens is 310 g/mol. The van der Waals surface area contributed by atoms with Gasteiger partial charge in [-0.1, -0.05) is 6.07 Å². The van der Waals surface area contributed by atoms with E-state index in [9.17, 15) is 9.59 Å². The number of carbonyl (C=O) groups is 2. The fraction of sp³-hybridized carbons (Fsp3) is 0.188. The van der Waals surface area contributed by atoms with Crippen LogP contribution in [0.2, 0.25) is 0 Å². The van der Waals surface area contributed by atoms with Gasteiger partial charge in [0.15, 0.2) is 0 Å². The molecule has 2 heterocycles. The van der Waals surface area contributed by atoms with Crippen LogP contribution in [-0.2, 0) is 11.2 Å². The van der Waals surface area contributed by atoms with Gasteiger partial charge in [0.05, 0.1) is 12.0 Å². The van der Waals surface area contributed by atoms with Crippen LogP contribution in [0.15, 0.2) is 30.6 Å². The molecule has 0 unspecified atom stereocenters. The van der Waals surface area contributed by atoms with Gasteiger partial charge in [0.1, 0.15) is 6.33 Å². The van der Waals surface area contributed by atoms with E-state index in [0.717, 1.165) is 11.3 Å². The largest absolute Gasteiger partial charge is 0.478 e. The summed E-state index contributed by atoms with van der Waals surface area (Å²) in [6, 6.07) is 6.11. The summed E-state index contributed by atoms with van der Waals surface area (Å²) in [6.07, 6.45) is 1.67. The highest BCUT2D eigenvalue weighted by Crippen LogP contribution is 2.16. The average Bonchev–Trinajstić information content (AvgIpc) is 3.00. The Labute approximate surface area is 137 Å². The molecule has 0 aliphatic carbocycles. The molecule has 2 aromatic heterocycles. The quantitative estimate of drug-likeness (QED) is 0.754. The van der Waals surface area contributed by atoms with Gasteiger partial charge in [-0.2, -0.15) is 0 Å². The third-order valence-electron chi connectivity index (χ3n) is 3.76. The smallest absolute Gasteiger partial charge is 0.335 e. The summed E-state index contributed by atoms with van der Waals surface area (Å²) in [5.41, 5.74) is 2.90. The van der Waals surface area contributed by atoms with Gasteiger partial charge in [-0.25, -0.2) is 9.78 Å². The van der Waals surface area contributed by atoms with Crippen LogP contribution in [-0.4, -0.2) is 36.6 Å². The Balaban J connectivity index is 1.83. The number of hydrogen-bond acceptors (Lipinski definition) is 5. The first-order valence-electron chi connectivity index (χ1n) is 7.24. The van der Waals surface area contributed by atoms with E-state index >= 15 is 0 Å². The normalized spacial score (nSPS) is 10.8. The molecule has 8 heteroatoms. The third-order valence-corrected chi connectivity index (χ3v) is 3.76. The molecule has 1 aromatic carbocycles. The van der Waals surface area contributed by atoms with Crippen molar-refractivity contribution in [3.8, 4) is 0 Å². The number of carbonyl (C=O) groups excluding carboxylic acids is 1. The molecule has 0 fully saturated rings. The third kappa shape index (κ3) is 2.94. The number of nitrogens with one attached hydrogen (secondary N) is 1. The molecule has 0 saturated carbocycles. The van der Waals surface area contributed by atoms with Crippen molar-refractivity contribution in [3.05, 3.63) is 53.1 Å².